The summed E-state index contributed by atoms with van der Waals surface area (Å²) in [6.45, 7) is 17.0. The van der Waals surface area contributed by atoms with Crippen LogP contribution in [0.1, 0.15) is 55.6 Å². The molecule has 0 fully saturated rings. The summed E-state index contributed by atoms with van der Waals surface area (Å²) in [4.78, 5) is 15.0. The zero-order valence-electron chi connectivity index (χ0n) is 23.8. The van der Waals surface area contributed by atoms with Gasteiger partial charge in [0.25, 0.3) is 0 Å². The molecular formula is C34H34ClN3Pd. The predicted octanol–water partition coefficient (Wildman–Crippen LogP) is 5.92. The number of aryl methyl sites for hydroxylation is 8. The molecule has 5 heteroatoms. The fraction of sp³-hybridized carbons (Fsp3) is 0.235. The number of rotatable bonds is 4. The SMILES string of the molecule is Cc1cc(C)c(N=Cc2cc(C)cc3c2[n-]c2c(C=Nc4c(C)cc(C)cc4C)cc(C)cc23)c(C)c1.[Cl-].[Pd+2]. The summed E-state index contributed by atoms with van der Waals surface area (Å²) in [6.07, 6.45) is 3.96. The molecule has 0 aliphatic heterocycles. The molecule has 4 aromatic carbocycles. The van der Waals surface area contributed by atoms with Gasteiger partial charge in [0.1, 0.15) is 0 Å². The van der Waals surface area contributed by atoms with Crippen molar-refractivity contribution in [3.05, 3.63) is 104 Å². The molecule has 0 saturated carbocycles. The molecule has 0 aliphatic rings. The van der Waals surface area contributed by atoms with Crippen molar-refractivity contribution < 1.29 is 32.8 Å². The Labute approximate surface area is 251 Å². The van der Waals surface area contributed by atoms with Crippen LogP contribution in [0.5, 0.6) is 0 Å². The molecule has 0 bridgehead atoms. The third-order valence-corrected chi connectivity index (χ3v) is 7.02. The van der Waals surface area contributed by atoms with Gasteiger partial charge in [-0.05, 0) is 111 Å². The fourth-order valence-electron chi connectivity index (χ4n) is 5.60. The Morgan fingerprint density at radius 2 is 0.795 bits per heavy atom. The van der Waals surface area contributed by atoms with E-state index in [1.54, 1.807) is 0 Å². The smallest absolute Gasteiger partial charge is 1.00 e. The Hall–Kier alpha value is -3.03. The zero-order valence-corrected chi connectivity index (χ0v) is 26.1. The summed E-state index contributed by atoms with van der Waals surface area (Å²) in [5.41, 5.74) is 15.8. The van der Waals surface area contributed by atoms with E-state index in [4.69, 9.17) is 15.0 Å². The molecule has 0 saturated heterocycles. The number of hydrogen-bond donors (Lipinski definition) is 0. The van der Waals surface area contributed by atoms with E-state index in [0.717, 1.165) is 44.3 Å². The summed E-state index contributed by atoms with van der Waals surface area (Å²) in [5, 5.41) is 2.32. The van der Waals surface area contributed by atoms with E-state index >= 15 is 0 Å². The van der Waals surface area contributed by atoms with E-state index in [0.29, 0.717) is 0 Å². The first-order chi connectivity index (χ1) is 17.6. The topological polar surface area (TPSA) is 38.8 Å². The van der Waals surface area contributed by atoms with Crippen LogP contribution in [0, 0.1) is 55.4 Å². The third-order valence-electron chi connectivity index (χ3n) is 7.02. The van der Waals surface area contributed by atoms with Gasteiger partial charge in [0, 0.05) is 12.4 Å². The van der Waals surface area contributed by atoms with Crippen LogP contribution in [0.2, 0.25) is 0 Å². The number of fused-ring (bicyclic) bond motifs is 3. The second-order valence-corrected chi connectivity index (χ2v) is 10.6. The van der Waals surface area contributed by atoms with Crippen LogP contribution in [0.4, 0.5) is 11.4 Å². The zero-order chi connectivity index (χ0) is 26.4. The van der Waals surface area contributed by atoms with E-state index < -0.39 is 0 Å². The van der Waals surface area contributed by atoms with E-state index in [2.05, 4.69) is 104 Å². The second-order valence-electron chi connectivity index (χ2n) is 10.6. The van der Waals surface area contributed by atoms with Crippen LogP contribution in [-0.2, 0) is 20.4 Å². The Balaban J connectivity index is 0.00000210. The van der Waals surface area contributed by atoms with E-state index in [-0.39, 0.29) is 32.8 Å². The minimum atomic E-state index is 0. The summed E-state index contributed by atoms with van der Waals surface area (Å²) < 4.78 is 0. The number of nitrogens with zero attached hydrogens (tertiary/aromatic N) is 3. The molecule has 0 aliphatic carbocycles. The molecule has 0 atom stereocenters. The number of hydrogen-bond acceptors (Lipinski definition) is 2. The number of aromatic nitrogens is 1. The number of benzene rings is 4. The molecule has 0 unspecified atom stereocenters. The Morgan fingerprint density at radius 1 is 0.487 bits per heavy atom. The maximum Gasteiger partial charge on any atom is 2.00 e. The summed E-state index contributed by atoms with van der Waals surface area (Å²) in [7, 11) is 0. The van der Waals surface area contributed by atoms with Gasteiger partial charge in [-0.25, -0.2) is 0 Å². The quantitative estimate of drug-likeness (QED) is 0.180. The van der Waals surface area contributed by atoms with Crippen molar-refractivity contribution in [1.29, 1.82) is 0 Å². The Kier molecular flexibility index (Phi) is 9.40. The maximum atomic E-state index is 5.16. The minimum Gasteiger partial charge on any atom is -1.00 e. The average molecular weight is 627 g/mol. The summed E-state index contributed by atoms with van der Waals surface area (Å²) >= 11 is 0. The van der Waals surface area contributed by atoms with E-state index in [1.165, 1.54) is 44.5 Å². The molecule has 5 rings (SSSR count). The van der Waals surface area contributed by atoms with Crippen molar-refractivity contribution in [2.45, 2.75) is 55.4 Å². The summed E-state index contributed by atoms with van der Waals surface area (Å²) in [5.74, 6) is 0. The van der Waals surface area contributed by atoms with Gasteiger partial charge >= 0.3 is 20.4 Å². The van der Waals surface area contributed by atoms with Gasteiger partial charge < -0.3 is 17.4 Å². The first kappa shape index (κ1) is 30.5. The third kappa shape index (κ3) is 6.10. The van der Waals surface area contributed by atoms with Crippen LogP contribution >= 0.6 is 0 Å². The second kappa shape index (κ2) is 12.0. The molecule has 0 spiro atoms. The maximum absolute atomic E-state index is 5.16. The van der Waals surface area contributed by atoms with Crippen molar-refractivity contribution in [1.82, 2.24) is 4.98 Å². The van der Waals surface area contributed by atoms with Crippen molar-refractivity contribution in [3.63, 3.8) is 0 Å². The average Bonchev–Trinajstić information content (AvgIpc) is 3.16. The molecule has 0 radical (unpaired) electrons. The van der Waals surface area contributed by atoms with Gasteiger partial charge in [0.2, 0.25) is 0 Å². The molecule has 0 N–H and O–H groups in total. The van der Waals surface area contributed by atoms with Gasteiger partial charge in [-0.3, -0.25) is 9.98 Å². The molecule has 1 heterocycles. The minimum absolute atomic E-state index is 0. The van der Waals surface area contributed by atoms with Gasteiger partial charge in [-0.2, -0.15) is 0 Å². The van der Waals surface area contributed by atoms with Crippen molar-refractivity contribution in [3.8, 4) is 0 Å². The van der Waals surface area contributed by atoms with E-state index in [9.17, 15) is 0 Å². The van der Waals surface area contributed by atoms with Gasteiger partial charge in [-0.15, -0.1) is 11.0 Å². The molecule has 39 heavy (non-hydrogen) atoms. The normalized spacial score (nSPS) is 11.5. The van der Waals surface area contributed by atoms with Crippen LogP contribution in [-0.4, -0.2) is 12.4 Å². The first-order valence-electron chi connectivity index (χ1n) is 12.9. The summed E-state index contributed by atoms with van der Waals surface area (Å²) in [6, 6.07) is 17.6. The van der Waals surface area contributed by atoms with E-state index in [1.807, 2.05) is 12.4 Å². The Bertz CT molecular complexity index is 1580. The molecule has 1 aromatic heterocycles. The van der Waals surface area contributed by atoms with Crippen molar-refractivity contribution >= 4 is 45.6 Å². The number of halogens is 1. The molecule has 0 amide bonds. The largest absolute Gasteiger partial charge is 2.00 e. The molecule has 5 aromatic rings. The van der Waals surface area contributed by atoms with Crippen LogP contribution in [0.3, 0.4) is 0 Å². The fourth-order valence-corrected chi connectivity index (χ4v) is 5.60. The van der Waals surface area contributed by atoms with Gasteiger partial charge in [0.15, 0.2) is 0 Å². The molecular weight excluding hydrogens is 592 g/mol. The Morgan fingerprint density at radius 3 is 1.13 bits per heavy atom. The predicted molar refractivity (Wildman–Crippen MR) is 160 cm³/mol. The number of aliphatic imine (C=N–C) groups is 2. The van der Waals surface area contributed by atoms with Crippen molar-refractivity contribution in [2.24, 2.45) is 9.98 Å². The molecule has 202 valence electrons. The van der Waals surface area contributed by atoms with Crippen LogP contribution < -0.4 is 17.4 Å². The first-order valence-corrected chi connectivity index (χ1v) is 12.9. The van der Waals surface area contributed by atoms with Gasteiger partial charge in [0.05, 0.1) is 11.4 Å². The van der Waals surface area contributed by atoms with Crippen LogP contribution in [0.25, 0.3) is 21.8 Å². The molecule has 3 nitrogen and oxygen atoms in total. The standard InChI is InChI=1S/C34H34N3.ClH.Pd/c1-19-9-23(5)31(24(6)10-19)35-17-27-13-21(3)15-29-30-16-22(4)14-28(34(30)37-33(27)29)18-36-32-25(7)11-20(2)12-26(32)8;;/h9-18H,1-8H3;1H;/q-1;;+2/p-1. The van der Waals surface area contributed by atoms with Crippen molar-refractivity contribution in [2.75, 3.05) is 0 Å². The monoisotopic (exact) mass is 625 g/mol. The van der Waals surface area contributed by atoms with Crippen LogP contribution in [0.15, 0.2) is 58.5 Å². The van der Waals surface area contributed by atoms with Gasteiger partial charge in [-0.1, -0.05) is 59.7 Å².